The van der Waals surface area contributed by atoms with Gasteiger partial charge in [-0.1, -0.05) is 0 Å². The van der Waals surface area contributed by atoms with Crippen molar-refractivity contribution in [1.82, 2.24) is 10.6 Å². The number of aliphatic hydroxyl groups excluding tert-OH is 1. The summed E-state index contributed by atoms with van der Waals surface area (Å²) in [5.41, 5.74) is 11.3. The fourth-order valence-electron chi connectivity index (χ4n) is 1.53. The molecular weight excluding hydrogens is 184 g/mol. The zero-order valence-corrected chi connectivity index (χ0v) is 8.02. The highest BCUT2D eigenvalue weighted by molar-refractivity contribution is 4.91. The molecule has 0 aromatic carbocycles. The molecule has 2 fully saturated rings. The van der Waals surface area contributed by atoms with Crippen molar-refractivity contribution < 1.29 is 9.84 Å². The molecule has 0 spiro atoms. The maximum Gasteiger partial charge on any atom is 0.183 e. The Kier molecular flexibility index (Phi) is 3.01. The van der Waals surface area contributed by atoms with Crippen molar-refractivity contribution in [2.45, 2.75) is 43.6 Å². The highest BCUT2D eigenvalue weighted by Gasteiger charge is 2.41. The number of rotatable bonds is 6. The Morgan fingerprint density at radius 2 is 2.21 bits per heavy atom. The molecule has 3 unspecified atom stereocenters. The molecule has 0 saturated carbocycles. The Morgan fingerprint density at radius 1 is 1.57 bits per heavy atom. The topological polar surface area (TPSA) is 119 Å². The number of aliphatic hydroxyl groups is 1. The van der Waals surface area contributed by atoms with Crippen molar-refractivity contribution >= 4 is 0 Å². The van der Waals surface area contributed by atoms with Crippen LogP contribution in [-0.2, 0) is 4.74 Å². The van der Waals surface area contributed by atoms with E-state index in [1.165, 1.54) is 0 Å². The minimum Gasteiger partial charge on any atom is -0.366 e. The minimum atomic E-state index is -0.628. The van der Waals surface area contributed by atoms with Crippen LogP contribution in [0, 0.1) is 0 Å². The second kappa shape index (κ2) is 4.09. The number of ether oxygens (including phenoxy) is 1. The zero-order valence-electron chi connectivity index (χ0n) is 8.02. The van der Waals surface area contributed by atoms with Gasteiger partial charge in [0, 0.05) is 6.04 Å². The van der Waals surface area contributed by atoms with E-state index in [0.717, 1.165) is 19.4 Å². The maximum absolute atomic E-state index is 8.94. The van der Waals surface area contributed by atoms with E-state index in [2.05, 4.69) is 10.6 Å². The molecule has 2 aliphatic heterocycles. The molecule has 0 bridgehead atoms. The van der Waals surface area contributed by atoms with Crippen molar-refractivity contribution in [3.8, 4) is 0 Å². The summed E-state index contributed by atoms with van der Waals surface area (Å²) in [6.45, 7) is 0.891. The van der Waals surface area contributed by atoms with E-state index in [9.17, 15) is 0 Å². The Balaban J connectivity index is 1.46. The molecule has 2 heterocycles. The van der Waals surface area contributed by atoms with Crippen LogP contribution in [0.5, 0.6) is 0 Å². The van der Waals surface area contributed by atoms with E-state index in [-0.39, 0.29) is 24.5 Å². The average Bonchev–Trinajstić information content (AvgIpc) is 3.01. The monoisotopic (exact) mass is 202 g/mol. The summed E-state index contributed by atoms with van der Waals surface area (Å²) < 4.78 is 4.86. The minimum absolute atomic E-state index is 0.0485. The van der Waals surface area contributed by atoms with Gasteiger partial charge in [0.2, 0.25) is 0 Å². The summed E-state index contributed by atoms with van der Waals surface area (Å²) in [5.74, 6) is 0. The van der Waals surface area contributed by atoms with E-state index in [4.69, 9.17) is 21.3 Å². The second-order valence-corrected chi connectivity index (χ2v) is 3.92. The molecule has 2 rings (SSSR count). The van der Waals surface area contributed by atoms with Crippen molar-refractivity contribution in [3.05, 3.63) is 0 Å². The lowest BCUT2D eigenvalue weighted by atomic mass is 10.1. The molecule has 14 heavy (non-hydrogen) atoms. The molecular formula is C8H18N4O2. The first-order valence-corrected chi connectivity index (χ1v) is 5.02. The van der Waals surface area contributed by atoms with Crippen LogP contribution in [0.3, 0.4) is 0 Å². The number of nitrogens with one attached hydrogen (secondary N) is 2. The van der Waals surface area contributed by atoms with E-state index >= 15 is 0 Å². The molecule has 0 amide bonds. The lowest BCUT2D eigenvalue weighted by Crippen LogP contribution is -2.30. The van der Waals surface area contributed by atoms with Crippen LogP contribution < -0.4 is 22.1 Å². The molecule has 7 N–H and O–H groups in total. The van der Waals surface area contributed by atoms with Crippen LogP contribution in [-0.4, -0.2) is 42.4 Å². The number of hydrogen-bond donors (Lipinski definition) is 5. The largest absolute Gasteiger partial charge is 0.366 e. The predicted octanol–water partition coefficient (Wildman–Crippen LogP) is -2.39. The molecule has 0 aromatic rings. The lowest BCUT2D eigenvalue weighted by Gasteiger charge is -2.07. The molecule has 2 aliphatic rings. The molecule has 82 valence electrons. The molecule has 2 saturated heterocycles. The van der Waals surface area contributed by atoms with Crippen LogP contribution in [0.15, 0.2) is 0 Å². The summed E-state index contributed by atoms with van der Waals surface area (Å²) in [4.78, 5) is 0. The van der Waals surface area contributed by atoms with Crippen LogP contribution >= 0.6 is 0 Å². The molecule has 6 heteroatoms. The van der Waals surface area contributed by atoms with E-state index < -0.39 is 6.29 Å². The van der Waals surface area contributed by atoms with Crippen molar-refractivity contribution in [1.29, 1.82) is 0 Å². The lowest BCUT2D eigenvalue weighted by molar-refractivity contribution is 0.155. The second-order valence-electron chi connectivity index (χ2n) is 3.92. The molecule has 5 atom stereocenters. The van der Waals surface area contributed by atoms with Gasteiger partial charge in [0.15, 0.2) is 6.29 Å². The third-order valence-corrected chi connectivity index (χ3v) is 2.62. The maximum atomic E-state index is 8.94. The van der Waals surface area contributed by atoms with Gasteiger partial charge >= 0.3 is 0 Å². The Hall–Kier alpha value is -0.240. The van der Waals surface area contributed by atoms with Crippen LogP contribution in [0.2, 0.25) is 0 Å². The first-order valence-electron chi connectivity index (χ1n) is 5.02. The van der Waals surface area contributed by atoms with Crippen molar-refractivity contribution in [2.75, 3.05) is 6.54 Å². The number of nitrogens with two attached hydrogens (primary N) is 2. The van der Waals surface area contributed by atoms with Crippen molar-refractivity contribution in [3.63, 3.8) is 0 Å². The van der Waals surface area contributed by atoms with Crippen molar-refractivity contribution in [2.24, 2.45) is 11.5 Å². The highest BCUT2D eigenvalue weighted by Crippen LogP contribution is 2.23. The fourth-order valence-corrected chi connectivity index (χ4v) is 1.53. The predicted molar refractivity (Wildman–Crippen MR) is 51.0 cm³/mol. The van der Waals surface area contributed by atoms with E-state index in [1.54, 1.807) is 0 Å². The van der Waals surface area contributed by atoms with Gasteiger partial charge in [-0.05, 0) is 19.4 Å². The van der Waals surface area contributed by atoms with Gasteiger partial charge in [0.1, 0.15) is 6.10 Å². The van der Waals surface area contributed by atoms with Crippen LogP contribution in [0.4, 0.5) is 0 Å². The van der Waals surface area contributed by atoms with E-state index in [1.807, 2.05) is 0 Å². The van der Waals surface area contributed by atoms with Crippen LogP contribution in [0.25, 0.3) is 0 Å². The summed E-state index contributed by atoms with van der Waals surface area (Å²) in [7, 11) is 0. The van der Waals surface area contributed by atoms with Crippen LogP contribution in [0.1, 0.15) is 12.8 Å². The van der Waals surface area contributed by atoms with Gasteiger partial charge < -0.3 is 21.3 Å². The Labute approximate surface area is 83.0 Å². The average molecular weight is 202 g/mol. The molecule has 6 nitrogen and oxygen atoms in total. The first-order chi connectivity index (χ1) is 6.68. The van der Waals surface area contributed by atoms with Gasteiger partial charge in [0.05, 0.1) is 12.3 Å². The summed E-state index contributed by atoms with van der Waals surface area (Å²) in [6.07, 6.45) is 1.44. The van der Waals surface area contributed by atoms with E-state index in [0.29, 0.717) is 0 Å². The van der Waals surface area contributed by atoms with Gasteiger partial charge in [-0.3, -0.25) is 10.6 Å². The normalized spacial score (nSPS) is 42.2. The third-order valence-electron chi connectivity index (χ3n) is 2.62. The molecule has 0 aliphatic carbocycles. The summed E-state index contributed by atoms with van der Waals surface area (Å²) >= 11 is 0. The SMILES string of the molecule is NC1NC1NCCC[C@H](N)C1O[C@H]1O. The smallest absolute Gasteiger partial charge is 0.183 e. The Bertz CT molecular complexity index is 204. The fraction of sp³-hybridized carbons (Fsp3) is 1.00. The zero-order chi connectivity index (χ0) is 10.1. The van der Waals surface area contributed by atoms with Gasteiger partial charge in [0.25, 0.3) is 0 Å². The highest BCUT2D eigenvalue weighted by atomic mass is 16.7. The standard InChI is InChI=1S/C8H18N4O2/c9-4(5-8(13)14-5)2-1-3-11-7-6(10)12-7/h4-8,11-13H,1-3,9-10H2/t4-,5?,6?,7?,8+/m0/s1. The summed E-state index contributed by atoms with van der Waals surface area (Å²) in [5, 5.41) is 15.2. The van der Waals surface area contributed by atoms with Gasteiger partial charge in [-0.15, -0.1) is 0 Å². The van der Waals surface area contributed by atoms with Gasteiger partial charge in [-0.2, -0.15) is 0 Å². The number of epoxide rings is 1. The first kappa shape index (κ1) is 10.3. The number of hydrogen-bond acceptors (Lipinski definition) is 6. The quantitative estimate of drug-likeness (QED) is 0.242. The Morgan fingerprint density at radius 3 is 2.71 bits per heavy atom. The third kappa shape index (κ3) is 2.63. The molecule has 0 aromatic heterocycles. The molecule has 0 radical (unpaired) electrons. The van der Waals surface area contributed by atoms with Gasteiger partial charge in [-0.25, -0.2) is 0 Å². The summed E-state index contributed by atoms with van der Waals surface area (Å²) in [6, 6.07) is -0.0485.